The summed E-state index contributed by atoms with van der Waals surface area (Å²) in [6.45, 7) is 0. The number of hydrogen-bond acceptors (Lipinski definition) is 4. The second kappa shape index (κ2) is 12.9. The van der Waals surface area contributed by atoms with Gasteiger partial charge in [-0.2, -0.15) is 0 Å². The van der Waals surface area contributed by atoms with Gasteiger partial charge in [0.1, 0.15) is 16.7 Å². The normalized spacial score (nSPS) is 11.4. The summed E-state index contributed by atoms with van der Waals surface area (Å²) in [5, 5.41) is 2.06. The summed E-state index contributed by atoms with van der Waals surface area (Å²) in [5.41, 5.74) is 14.1. The first-order valence-electron chi connectivity index (χ1n) is 17.8. The fourth-order valence-corrected chi connectivity index (χ4v) is 7.33. The Morgan fingerprint density at radius 3 is 1.62 bits per heavy atom. The molecule has 0 aliphatic carbocycles. The van der Waals surface area contributed by atoms with E-state index >= 15 is 0 Å². The summed E-state index contributed by atoms with van der Waals surface area (Å²) in [4.78, 5) is 7.15. The lowest BCUT2D eigenvalue weighted by atomic mass is 9.99. The van der Waals surface area contributed by atoms with E-state index < -0.39 is 0 Å². The number of aromatic nitrogens is 1. The average molecular weight is 681 g/mol. The van der Waals surface area contributed by atoms with Crippen LogP contribution in [-0.4, -0.2) is 4.98 Å². The molecule has 0 fully saturated rings. The Kier molecular flexibility index (Phi) is 7.43. The van der Waals surface area contributed by atoms with E-state index in [4.69, 9.17) is 13.8 Å². The predicted octanol–water partition coefficient (Wildman–Crippen LogP) is 13.9. The molecule has 2 heterocycles. The number of benzene rings is 8. The van der Waals surface area contributed by atoms with Crippen LogP contribution in [0.15, 0.2) is 203 Å². The molecule has 10 rings (SSSR count). The van der Waals surface area contributed by atoms with Crippen LogP contribution in [0.2, 0.25) is 0 Å². The highest BCUT2D eigenvalue weighted by Crippen LogP contribution is 2.43. The van der Waals surface area contributed by atoms with Crippen molar-refractivity contribution in [3.63, 3.8) is 0 Å². The van der Waals surface area contributed by atoms with Gasteiger partial charge in [-0.3, -0.25) is 0 Å². The highest BCUT2D eigenvalue weighted by Gasteiger charge is 2.19. The fourth-order valence-electron chi connectivity index (χ4n) is 7.33. The number of para-hydroxylation sites is 2. The number of furan rings is 1. The Bertz CT molecular complexity index is 2860. The van der Waals surface area contributed by atoms with Gasteiger partial charge in [0.2, 0.25) is 5.89 Å². The minimum absolute atomic E-state index is 0.603. The highest BCUT2D eigenvalue weighted by molar-refractivity contribution is 6.12. The topological polar surface area (TPSA) is 42.4 Å². The number of nitrogens with zero attached hydrogens (tertiary/aromatic N) is 2. The second-order valence-corrected chi connectivity index (χ2v) is 13.2. The van der Waals surface area contributed by atoms with Gasteiger partial charge in [0.15, 0.2) is 5.58 Å². The molecular formula is C49H32N2O2. The van der Waals surface area contributed by atoms with Crippen molar-refractivity contribution in [3.8, 4) is 44.8 Å². The molecule has 0 aliphatic rings. The molecule has 2 aromatic heterocycles. The number of anilines is 3. The van der Waals surface area contributed by atoms with Gasteiger partial charge in [-0.1, -0.05) is 140 Å². The Morgan fingerprint density at radius 2 is 0.925 bits per heavy atom. The van der Waals surface area contributed by atoms with E-state index in [9.17, 15) is 0 Å². The molecule has 4 heteroatoms. The third kappa shape index (κ3) is 5.54. The molecule has 250 valence electrons. The average Bonchev–Trinajstić information content (AvgIpc) is 3.82. The summed E-state index contributed by atoms with van der Waals surface area (Å²) in [5.74, 6) is 0.603. The van der Waals surface area contributed by atoms with Crippen LogP contribution in [0.5, 0.6) is 0 Å². The van der Waals surface area contributed by atoms with Crippen molar-refractivity contribution in [2.45, 2.75) is 0 Å². The molecule has 0 atom stereocenters. The van der Waals surface area contributed by atoms with Crippen LogP contribution in [0, 0.1) is 0 Å². The Labute approximate surface area is 306 Å². The molecule has 53 heavy (non-hydrogen) atoms. The van der Waals surface area contributed by atoms with Crippen molar-refractivity contribution in [1.29, 1.82) is 0 Å². The SMILES string of the molecule is c1ccc(-c2ccc(N(c3ccc(-c4cccc5c4oc4cc6oc(-c7ccccc7)nc6cc45)cc3)c3ccccc3-c3ccccc3)cc2)cc1. The smallest absolute Gasteiger partial charge is 0.227 e. The monoisotopic (exact) mass is 680 g/mol. The van der Waals surface area contributed by atoms with Crippen LogP contribution in [-0.2, 0) is 0 Å². The Morgan fingerprint density at radius 1 is 0.377 bits per heavy atom. The zero-order valence-corrected chi connectivity index (χ0v) is 28.7. The molecule has 0 amide bonds. The van der Waals surface area contributed by atoms with Gasteiger partial charge in [-0.05, 0) is 70.8 Å². The third-order valence-electron chi connectivity index (χ3n) is 9.93. The third-order valence-corrected chi connectivity index (χ3v) is 9.93. The first kappa shape index (κ1) is 30.6. The molecule has 0 spiro atoms. The maximum absolute atomic E-state index is 6.59. The molecule has 10 aromatic rings. The largest absolute Gasteiger partial charge is 0.455 e. The van der Waals surface area contributed by atoms with E-state index in [0.29, 0.717) is 11.5 Å². The van der Waals surface area contributed by atoms with Gasteiger partial charge in [0.25, 0.3) is 0 Å². The first-order valence-corrected chi connectivity index (χ1v) is 17.8. The summed E-state index contributed by atoms with van der Waals surface area (Å²) in [7, 11) is 0. The van der Waals surface area contributed by atoms with Gasteiger partial charge in [0.05, 0.1) is 5.69 Å². The molecule has 8 aromatic carbocycles. The van der Waals surface area contributed by atoms with Gasteiger partial charge in [0, 0.05) is 44.9 Å². The summed E-state index contributed by atoms with van der Waals surface area (Å²) < 4.78 is 12.8. The molecule has 0 saturated heterocycles. The Hall–Kier alpha value is -7.17. The lowest BCUT2D eigenvalue weighted by Gasteiger charge is -2.28. The van der Waals surface area contributed by atoms with E-state index in [0.717, 1.165) is 66.8 Å². The molecule has 0 saturated carbocycles. The van der Waals surface area contributed by atoms with E-state index in [1.165, 1.54) is 16.7 Å². The summed E-state index contributed by atoms with van der Waals surface area (Å²) in [6, 6.07) is 67.6. The first-order chi connectivity index (χ1) is 26.3. The van der Waals surface area contributed by atoms with Gasteiger partial charge in [-0.25, -0.2) is 4.98 Å². The predicted molar refractivity (Wildman–Crippen MR) is 218 cm³/mol. The minimum atomic E-state index is 0.603. The van der Waals surface area contributed by atoms with Crippen molar-refractivity contribution < 1.29 is 8.83 Å². The lowest BCUT2D eigenvalue weighted by Crippen LogP contribution is -2.11. The maximum Gasteiger partial charge on any atom is 0.227 e. The van der Waals surface area contributed by atoms with Gasteiger partial charge >= 0.3 is 0 Å². The maximum atomic E-state index is 6.59. The fraction of sp³-hybridized carbons (Fsp3) is 0. The van der Waals surface area contributed by atoms with Crippen LogP contribution < -0.4 is 4.90 Å². The lowest BCUT2D eigenvalue weighted by molar-refractivity contribution is 0.617. The second-order valence-electron chi connectivity index (χ2n) is 13.2. The van der Waals surface area contributed by atoms with Crippen LogP contribution in [0.1, 0.15) is 0 Å². The van der Waals surface area contributed by atoms with Crippen LogP contribution in [0.3, 0.4) is 0 Å². The van der Waals surface area contributed by atoms with Crippen LogP contribution >= 0.6 is 0 Å². The number of rotatable bonds is 7. The zero-order valence-electron chi connectivity index (χ0n) is 28.7. The van der Waals surface area contributed by atoms with Crippen molar-refractivity contribution in [1.82, 2.24) is 4.98 Å². The summed E-state index contributed by atoms with van der Waals surface area (Å²) in [6.07, 6.45) is 0. The van der Waals surface area contributed by atoms with E-state index in [2.05, 4.69) is 163 Å². The molecule has 4 nitrogen and oxygen atoms in total. The molecule has 0 unspecified atom stereocenters. The minimum Gasteiger partial charge on any atom is -0.455 e. The summed E-state index contributed by atoms with van der Waals surface area (Å²) >= 11 is 0. The van der Waals surface area contributed by atoms with Gasteiger partial charge < -0.3 is 13.7 Å². The van der Waals surface area contributed by atoms with E-state index in [1.54, 1.807) is 0 Å². The van der Waals surface area contributed by atoms with E-state index in [1.807, 2.05) is 36.4 Å². The van der Waals surface area contributed by atoms with Crippen molar-refractivity contribution in [3.05, 3.63) is 194 Å². The molecule has 0 aliphatic heterocycles. The molecule has 0 bridgehead atoms. The van der Waals surface area contributed by atoms with E-state index in [-0.39, 0.29) is 0 Å². The molecule has 0 radical (unpaired) electrons. The quantitative estimate of drug-likeness (QED) is 0.168. The standard InChI is InChI=1S/C49H32N2O2/c1-4-13-33(14-5-1)34-23-27-38(28-24-34)51(45-22-11-10-19-40(45)35-15-6-2-7-16-35)39-29-25-36(26-30-39)41-20-12-21-42-43-31-44-47(32-46(43)52-48(41)42)53-49(50-44)37-17-8-3-9-18-37/h1-32H. The van der Waals surface area contributed by atoms with Crippen molar-refractivity contribution in [2.75, 3.05) is 4.90 Å². The van der Waals surface area contributed by atoms with Crippen LogP contribution in [0.4, 0.5) is 17.1 Å². The zero-order chi connectivity index (χ0) is 35.1. The van der Waals surface area contributed by atoms with Crippen LogP contribution in [0.25, 0.3) is 77.9 Å². The molecule has 0 N–H and O–H groups in total. The molecular weight excluding hydrogens is 649 g/mol. The number of hydrogen-bond donors (Lipinski definition) is 0. The number of oxazole rings is 1. The number of fused-ring (bicyclic) bond motifs is 4. The Balaban J connectivity index is 1.06. The highest BCUT2D eigenvalue weighted by atomic mass is 16.4. The van der Waals surface area contributed by atoms with Gasteiger partial charge in [-0.15, -0.1) is 0 Å². The van der Waals surface area contributed by atoms with Crippen molar-refractivity contribution in [2.24, 2.45) is 0 Å². The van der Waals surface area contributed by atoms with Crippen molar-refractivity contribution >= 4 is 50.1 Å².